The molecular formula is C18H24N4O4S. The summed E-state index contributed by atoms with van der Waals surface area (Å²) in [7, 11) is 0. The molecule has 146 valence electrons. The Balaban J connectivity index is 2.14. The molecule has 6 N–H and O–H groups in total. The van der Waals surface area contributed by atoms with Gasteiger partial charge in [0.2, 0.25) is 11.8 Å². The second-order valence-corrected chi connectivity index (χ2v) is 7.11. The number of aromatic nitrogens is 1. The smallest absolute Gasteiger partial charge is 0.322 e. The van der Waals surface area contributed by atoms with Crippen LogP contribution in [0.15, 0.2) is 30.5 Å². The highest BCUT2D eigenvalue weighted by molar-refractivity contribution is 7.98. The number of thioether (sulfide) groups is 1. The van der Waals surface area contributed by atoms with Crippen LogP contribution in [0.5, 0.6) is 0 Å². The van der Waals surface area contributed by atoms with E-state index in [1.165, 1.54) is 0 Å². The maximum Gasteiger partial charge on any atom is 0.322 e. The number of nitrogens with one attached hydrogen (secondary N) is 3. The van der Waals surface area contributed by atoms with Gasteiger partial charge in [0.1, 0.15) is 12.6 Å². The first-order valence-electron chi connectivity index (χ1n) is 8.51. The van der Waals surface area contributed by atoms with Crippen LogP contribution < -0.4 is 16.4 Å². The van der Waals surface area contributed by atoms with E-state index < -0.39 is 36.4 Å². The number of amides is 2. The first kappa shape index (κ1) is 20.8. The number of benzene rings is 1. The number of para-hydroxylation sites is 1. The van der Waals surface area contributed by atoms with E-state index in [1.54, 1.807) is 18.0 Å². The average Bonchev–Trinajstić information content (AvgIpc) is 3.06. The molecule has 0 aliphatic carbocycles. The zero-order valence-corrected chi connectivity index (χ0v) is 15.8. The van der Waals surface area contributed by atoms with Gasteiger partial charge in [0.05, 0.1) is 6.04 Å². The molecule has 27 heavy (non-hydrogen) atoms. The molecule has 2 atom stereocenters. The van der Waals surface area contributed by atoms with Gasteiger partial charge in [-0.25, -0.2) is 0 Å². The summed E-state index contributed by atoms with van der Waals surface area (Å²) in [6, 6.07) is 5.96. The molecule has 1 heterocycles. The van der Waals surface area contributed by atoms with Gasteiger partial charge in [0, 0.05) is 23.5 Å². The third-order valence-corrected chi connectivity index (χ3v) is 4.76. The van der Waals surface area contributed by atoms with Crippen molar-refractivity contribution >= 4 is 40.4 Å². The number of carboxylic acids is 1. The highest BCUT2D eigenvalue weighted by Crippen LogP contribution is 2.19. The quantitative estimate of drug-likeness (QED) is 0.399. The van der Waals surface area contributed by atoms with Crippen LogP contribution in [0.1, 0.15) is 12.0 Å². The Hall–Kier alpha value is -2.52. The number of aliphatic carboxylic acids is 1. The molecule has 0 radical (unpaired) electrons. The number of nitrogens with two attached hydrogens (primary N) is 1. The Bertz CT molecular complexity index is 808. The van der Waals surface area contributed by atoms with E-state index in [9.17, 15) is 14.4 Å². The Morgan fingerprint density at radius 1 is 1.26 bits per heavy atom. The normalized spacial score (nSPS) is 13.1. The van der Waals surface area contributed by atoms with Crippen molar-refractivity contribution in [1.82, 2.24) is 15.6 Å². The van der Waals surface area contributed by atoms with Gasteiger partial charge in [-0.2, -0.15) is 11.8 Å². The van der Waals surface area contributed by atoms with Crippen LogP contribution in [0.2, 0.25) is 0 Å². The lowest BCUT2D eigenvalue weighted by Gasteiger charge is -2.20. The van der Waals surface area contributed by atoms with Crippen LogP contribution in [0.3, 0.4) is 0 Å². The summed E-state index contributed by atoms with van der Waals surface area (Å²) in [5.41, 5.74) is 7.64. The second kappa shape index (κ2) is 9.98. The number of carboxylic acid groups (broad SMARTS) is 1. The van der Waals surface area contributed by atoms with E-state index in [4.69, 9.17) is 10.8 Å². The van der Waals surface area contributed by atoms with Crippen molar-refractivity contribution in [2.75, 3.05) is 18.6 Å². The van der Waals surface area contributed by atoms with Crippen molar-refractivity contribution in [3.63, 3.8) is 0 Å². The molecule has 0 aliphatic rings. The predicted octanol–water partition coefficient (Wildman–Crippen LogP) is 0.476. The fraction of sp³-hybridized carbons (Fsp3) is 0.389. The lowest BCUT2D eigenvalue weighted by atomic mass is 10.0. The van der Waals surface area contributed by atoms with Gasteiger partial charge in [-0.15, -0.1) is 0 Å². The van der Waals surface area contributed by atoms with Gasteiger partial charge < -0.3 is 26.5 Å². The van der Waals surface area contributed by atoms with Crippen molar-refractivity contribution in [3.05, 3.63) is 36.0 Å². The van der Waals surface area contributed by atoms with E-state index in [1.807, 2.05) is 30.5 Å². The summed E-state index contributed by atoms with van der Waals surface area (Å²) in [6.45, 7) is -0.516. The van der Waals surface area contributed by atoms with Crippen LogP contribution in [0.25, 0.3) is 10.9 Å². The fourth-order valence-corrected chi connectivity index (χ4v) is 3.16. The highest BCUT2D eigenvalue weighted by Gasteiger charge is 2.25. The number of aromatic amines is 1. The summed E-state index contributed by atoms with van der Waals surface area (Å²) >= 11 is 1.58. The molecule has 0 saturated heterocycles. The average molecular weight is 392 g/mol. The molecule has 0 saturated carbocycles. The number of carbonyl (C=O) groups is 3. The maximum atomic E-state index is 12.4. The van der Waals surface area contributed by atoms with E-state index in [0.29, 0.717) is 6.42 Å². The van der Waals surface area contributed by atoms with E-state index in [0.717, 1.165) is 22.2 Å². The van der Waals surface area contributed by atoms with Crippen molar-refractivity contribution in [2.24, 2.45) is 5.73 Å². The minimum Gasteiger partial charge on any atom is -0.480 e. The summed E-state index contributed by atoms with van der Waals surface area (Å²) in [5.74, 6) is -1.42. The van der Waals surface area contributed by atoms with Gasteiger partial charge in [-0.1, -0.05) is 18.2 Å². The zero-order valence-electron chi connectivity index (χ0n) is 15.0. The van der Waals surface area contributed by atoms with Crippen molar-refractivity contribution in [1.29, 1.82) is 0 Å². The van der Waals surface area contributed by atoms with Crippen LogP contribution in [0.4, 0.5) is 0 Å². The Kier molecular flexibility index (Phi) is 7.68. The molecular weight excluding hydrogens is 368 g/mol. The van der Waals surface area contributed by atoms with E-state index in [2.05, 4.69) is 15.6 Å². The minimum absolute atomic E-state index is 0.219. The number of carbonyl (C=O) groups excluding carboxylic acids is 2. The zero-order chi connectivity index (χ0) is 19.8. The molecule has 2 amide bonds. The Labute approximate surface area is 161 Å². The summed E-state index contributed by atoms with van der Waals surface area (Å²) < 4.78 is 0. The van der Waals surface area contributed by atoms with E-state index >= 15 is 0 Å². The number of fused-ring (bicyclic) bond motifs is 1. The number of hydrogen-bond acceptors (Lipinski definition) is 5. The van der Waals surface area contributed by atoms with Crippen molar-refractivity contribution in [2.45, 2.75) is 24.9 Å². The number of H-pyrrole nitrogens is 1. The summed E-state index contributed by atoms with van der Waals surface area (Å²) in [6.07, 6.45) is 4.41. The van der Waals surface area contributed by atoms with Gasteiger partial charge in [-0.3, -0.25) is 14.4 Å². The molecule has 0 aliphatic heterocycles. The lowest BCUT2D eigenvalue weighted by molar-refractivity contribution is -0.138. The first-order chi connectivity index (χ1) is 12.9. The van der Waals surface area contributed by atoms with E-state index in [-0.39, 0.29) is 6.42 Å². The SMILES string of the molecule is CSCCC(N)C(=O)NC(Cc1c[nH]c2ccccc12)C(=O)NCC(=O)O. The molecule has 1 aromatic carbocycles. The molecule has 9 heteroatoms. The third kappa shape index (κ3) is 6.00. The monoisotopic (exact) mass is 392 g/mol. The van der Waals surface area contributed by atoms with Crippen LogP contribution in [-0.2, 0) is 20.8 Å². The maximum absolute atomic E-state index is 12.4. The van der Waals surface area contributed by atoms with Crippen LogP contribution in [0, 0.1) is 0 Å². The molecule has 0 spiro atoms. The van der Waals surface area contributed by atoms with Crippen LogP contribution >= 0.6 is 11.8 Å². The predicted molar refractivity (Wildman–Crippen MR) is 106 cm³/mol. The Morgan fingerprint density at radius 2 is 2.00 bits per heavy atom. The second-order valence-electron chi connectivity index (χ2n) is 6.12. The third-order valence-electron chi connectivity index (χ3n) is 4.12. The molecule has 2 rings (SSSR count). The standard InChI is InChI=1S/C18H24N4O4S/c1-27-7-6-13(19)17(25)22-15(18(26)21-10-16(23)24)8-11-9-20-14-5-3-2-4-12(11)14/h2-5,9,13,15,20H,6-8,10,19H2,1H3,(H,21,26)(H,22,25)(H,23,24). The lowest BCUT2D eigenvalue weighted by Crippen LogP contribution is -2.53. The molecule has 0 bridgehead atoms. The largest absolute Gasteiger partial charge is 0.480 e. The Morgan fingerprint density at radius 3 is 2.70 bits per heavy atom. The summed E-state index contributed by atoms with van der Waals surface area (Å²) in [4.78, 5) is 38.6. The van der Waals surface area contributed by atoms with Crippen molar-refractivity contribution in [3.8, 4) is 0 Å². The van der Waals surface area contributed by atoms with Crippen molar-refractivity contribution < 1.29 is 19.5 Å². The number of rotatable bonds is 10. The molecule has 2 unspecified atom stereocenters. The molecule has 0 fully saturated rings. The minimum atomic E-state index is -1.16. The summed E-state index contributed by atoms with van der Waals surface area (Å²) in [5, 5.41) is 14.7. The molecule has 2 aromatic rings. The molecule has 8 nitrogen and oxygen atoms in total. The number of hydrogen-bond donors (Lipinski definition) is 5. The highest BCUT2D eigenvalue weighted by atomic mass is 32.2. The van der Waals surface area contributed by atoms with Gasteiger partial charge in [-0.05, 0) is 30.1 Å². The molecule has 1 aromatic heterocycles. The van der Waals surface area contributed by atoms with Gasteiger partial charge in [0.15, 0.2) is 0 Å². The van der Waals surface area contributed by atoms with Crippen LogP contribution in [-0.4, -0.2) is 58.5 Å². The van der Waals surface area contributed by atoms with Gasteiger partial charge >= 0.3 is 5.97 Å². The topological polar surface area (TPSA) is 137 Å². The first-order valence-corrected chi connectivity index (χ1v) is 9.91. The van der Waals surface area contributed by atoms with Gasteiger partial charge in [0.25, 0.3) is 0 Å². The fourth-order valence-electron chi connectivity index (χ4n) is 2.67.